The van der Waals surface area contributed by atoms with E-state index in [0.29, 0.717) is 23.3 Å². The summed E-state index contributed by atoms with van der Waals surface area (Å²) in [7, 11) is 1.62. The van der Waals surface area contributed by atoms with Crippen LogP contribution >= 0.6 is 0 Å². The molecule has 0 saturated heterocycles. The van der Waals surface area contributed by atoms with E-state index in [2.05, 4.69) is 13.8 Å². The van der Waals surface area contributed by atoms with E-state index in [1.54, 1.807) is 7.11 Å². The average molecular weight is 290 g/mol. The highest BCUT2D eigenvalue weighted by Gasteiger charge is 2.44. The first-order chi connectivity index (χ1) is 9.92. The fraction of sp³-hybridized carbons (Fsp3) is 0.611. The van der Waals surface area contributed by atoms with Crippen molar-refractivity contribution in [2.24, 2.45) is 5.41 Å². The number of carbonyl (C=O) groups is 1. The number of carbonyl (C=O) groups excluding carboxylic acids is 1. The predicted octanol–water partition coefficient (Wildman–Crippen LogP) is 4.25. The number of methoxy groups -OCH3 is 1. The van der Waals surface area contributed by atoms with Crippen molar-refractivity contribution in [1.82, 2.24) is 0 Å². The third kappa shape index (κ3) is 3.46. The summed E-state index contributed by atoms with van der Waals surface area (Å²) < 4.78 is 11.2. The minimum absolute atomic E-state index is 0.0961. The van der Waals surface area contributed by atoms with Crippen LogP contribution in [-0.2, 0) is 4.74 Å². The first-order valence-electron chi connectivity index (χ1n) is 7.75. The van der Waals surface area contributed by atoms with E-state index in [-0.39, 0.29) is 5.78 Å². The number of Topliss-reactive ketones (excluding diaryl/α,β-unsaturated/α-hetero) is 1. The van der Waals surface area contributed by atoms with Gasteiger partial charge < -0.3 is 9.47 Å². The molecule has 0 radical (unpaired) electrons. The average Bonchev–Trinajstić information content (AvgIpc) is 2.49. The quantitative estimate of drug-likeness (QED) is 0.760. The van der Waals surface area contributed by atoms with Crippen LogP contribution in [0.3, 0.4) is 0 Å². The molecular weight excluding hydrogens is 264 g/mol. The Kier molecular flexibility index (Phi) is 4.72. The molecule has 3 heteroatoms. The monoisotopic (exact) mass is 290 g/mol. The molecule has 0 amide bonds. The van der Waals surface area contributed by atoms with Crippen LogP contribution in [0.2, 0.25) is 0 Å². The van der Waals surface area contributed by atoms with Gasteiger partial charge in [-0.15, -0.1) is 0 Å². The predicted molar refractivity (Wildman–Crippen MR) is 83.9 cm³/mol. The number of rotatable bonds is 5. The molecule has 1 aliphatic rings. The third-order valence-electron chi connectivity index (χ3n) is 4.58. The van der Waals surface area contributed by atoms with Gasteiger partial charge >= 0.3 is 0 Å². The largest absolute Gasteiger partial charge is 0.497 e. The maximum atomic E-state index is 13.0. The normalized spacial score (nSPS) is 20.0. The van der Waals surface area contributed by atoms with Crippen LogP contribution in [0.1, 0.15) is 56.8 Å². The molecule has 1 aliphatic carbocycles. The van der Waals surface area contributed by atoms with E-state index >= 15 is 0 Å². The van der Waals surface area contributed by atoms with E-state index in [4.69, 9.17) is 9.47 Å². The maximum Gasteiger partial charge on any atom is 0.194 e. The Hall–Kier alpha value is -1.35. The number of ketones is 1. The summed E-state index contributed by atoms with van der Waals surface area (Å²) in [4.78, 5) is 13.0. The topological polar surface area (TPSA) is 35.5 Å². The molecule has 116 valence electrons. The summed E-state index contributed by atoms with van der Waals surface area (Å²) in [5.41, 5.74) is 0.328. The molecule has 1 aromatic rings. The molecule has 1 fully saturated rings. The number of ether oxygens (including phenoxy) is 2. The SMILES string of the molecule is CCOC1(C(=O)c2cccc(OC)c2)CCC(C)(C)CC1. The van der Waals surface area contributed by atoms with E-state index in [1.807, 2.05) is 31.2 Å². The fourth-order valence-corrected chi connectivity index (χ4v) is 3.07. The van der Waals surface area contributed by atoms with Gasteiger partial charge in [0.25, 0.3) is 0 Å². The zero-order valence-electron chi connectivity index (χ0n) is 13.6. The molecule has 0 bridgehead atoms. The fourth-order valence-electron chi connectivity index (χ4n) is 3.07. The van der Waals surface area contributed by atoms with Gasteiger partial charge in [0.15, 0.2) is 5.78 Å². The number of benzene rings is 1. The molecule has 3 nitrogen and oxygen atoms in total. The summed E-state index contributed by atoms with van der Waals surface area (Å²) in [6.45, 7) is 7.05. The van der Waals surface area contributed by atoms with Crippen molar-refractivity contribution in [3.63, 3.8) is 0 Å². The van der Waals surface area contributed by atoms with Crippen LogP contribution < -0.4 is 4.74 Å². The molecule has 0 N–H and O–H groups in total. The smallest absolute Gasteiger partial charge is 0.194 e. The second-order valence-electron chi connectivity index (χ2n) is 6.65. The lowest BCUT2D eigenvalue weighted by Gasteiger charge is -2.42. The van der Waals surface area contributed by atoms with E-state index < -0.39 is 5.60 Å². The molecule has 21 heavy (non-hydrogen) atoms. The Balaban J connectivity index is 2.27. The second kappa shape index (κ2) is 6.18. The molecule has 0 aromatic heterocycles. The molecule has 1 aromatic carbocycles. The third-order valence-corrected chi connectivity index (χ3v) is 4.58. The van der Waals surface area contributed by atoms with Crippen LogP contribution in [-0.4, -0.2) is 25.1 Å². The van der Waals surface area contributed by atoms with Gasteiger partial charge in [0.1, 0.15) is 11.4 Å². The zero-order valence-corrected chi connectivity index (χ0v) is 13.6. The van der Waals surface area contributed by atoms with Crippen LogP contribution in [0.15, 0.2) is 24.3 Å². The van der Waals surface area contributed by atoms with E-state index in [9.17, 15) is 4.79 Å². The minimum Gasteiger partial charge on any atom is -0.497 e. The highest BCUT2D eigenvalue weighted by molar-refractivity contribution is 6.02. The molecule has 0 atom stereocenters. The lowest BCUT2D eigenvalue weighted by Crippen LogP contribution is -2.46. The number of hydrogen-bond acceptors (Lipinski definition) is 3. The van der Waals surface area contributed by atoms with E-state index in [1.165, 1.54) is 0 Å². The Labute approximate surface area is 127 Å². The lowest BCUT2D eigenvalue weighted by atomic mass is 9.68. The van der Waals surface area contributed by atoms with Crippen molar-refractivity contribution in [3.05, 3.63) is 29.8 Å². The van der Waals surface area contributed by atoms with Crippen molar-refractivity contribution in [2.45, 2.75) is 52.1 Å². The second-order valence-corrected chi connectivity index (χ2v) is 6.65. The Bertz CT molecular complexity index is 495. The van der Waals surface area contributed by atoms with Gasteiger partial charge in [-0.25, -0.2) is 0 Å². The van der Waals surface area contributed by atoms with Crippen LogP contribution in [0, 0.1) is 5.41 Å². The van der Waals surface area contributed by atoms with Crippen molar-refractivity contribution >= 4 is 5.78 Å². The molecule has 0 heterocycles. The van der Waals surface area contributed by atoms with Crippen LogP contribution in [0.5, 0.6) is 5.75 Å². The number of hydrogen-bond donors (Lipinski definition) is 0. The van der Waals surface area contributed by atoms with Crippen molar-refractivity contribution in [2.75, 3.05) is 13.7 Å². The Morgan fingerprint density at radius 1 is 1.19 bits per heavy atom. The minimum atomic E-state index is -0.656. The van der Waals surface area contributed by atoms with Crippen molar-refractivity contribution in [3.8, 4) is 5.75 Å². The summed E-state index contributed by atoms with van der Waals surface area (Å²) in [5, 5.41) is 0. The highest BCUT2D eigenvalue weighted by atomic mass is 16.5. The van der Waals surface area contributed by atoms with Crippen molar-refractivity contribution < 1.29 is 14.3 Å². The molecule has 1 saturated carbocycles. The van der Waals surface area contributed by atoms with Gasteiger partial charge in [-0.1, -0.05) is 26.0 Å². The maximum absolute atomic E-state index is 13.0. The van der Waals surface area contributed by atoms with Gasteiger partial charge in [-0.2, -0.15) is 0 Å². The summed E-state index contributed by atoms with van der Waals surface area (Å²) in [5.74, 6) is 0.808. The first kappa shape index (κ1) is 16.0. The van der Waals surface area contributed by atoms with E-state index in [0.717, 1.165) is 25.7 Å². The summed E-state index contributed by atoms with van der Waals surface area (Å²) >= 11 is 0. The summed E-state index contributed by atoms with van der Waals surface area (Å²) in [6, 6.07) is 7.38. The highest BCUT2D eigenvalue weighted by Crippen LogP contribution is 2.43. The van der Waals surface area contributed by atoms with Gasteiger partial charge in [0, 0.05) is 12.2 Å². The molecule has 0 unspecified atom stereocenters. The van der Waals surface area contributed by atoms with Gasteiger partial charge in [-0.05, 0) is 50.2 Å². The molecule has 2 rings (SSSR count). The van der Waals surface area contributed by atoms with Gasteiger partial charge in [0.05, 0.1) is 7.11 Å². The van der Waals surface area contributed by atoms with Crippen molar-refractivity contribution in [1.29, 1.82) is 0 Å². The van der Waals surface area contributed by atoms with Gasteiger partial charge in [0.2, 0.25) is 0 Å². The molecule has 0 spiro atoms. The van der Waals surface area contributed by atoms with Crippen LogP contribution in [0.4, 0.5) is 0 Å². The van der Waals surface area contributed by atoms with Gasteiger partial charge in [-0.3, -0.25) is 4.79 Å². The Morgan fingerprint density at radius 2 is 1.86 bits per heavy atom. The molecular formula is C18H26O3. The Morgan fingerprint density at radius 3 is 2.43 bits per heavy atom. The first-order valence-corrected chi connectivity index (χ1v) is 7.75. The standard InChI is InChI=1S/C18H26O3/c1-5-21-18(11-9-17(2,3)10-12-18)16(19)14-7-6-8-15(13-14)20-4/h6-8,13H,5,9-12H2,1-4H3. The summed E-state index contributed by atoms with van der Waals surface area (Å²) in [6.07, 6.45) is 3.62. The molecule has 0 aliphatic heterocycles. The van der Waals surface area contributed by atoms with Crippen LogP contribution in [0.25, 0.3) is 0 Å². The zero-order chi connectivity index (χ0) is 15.5. The lowest BCUT2D eigenvalue weighted by molar-refractivity contribution is -0.0580.